The molecule has 0 saturated heterocycles. The van der Waals surface area contributed by atoms with Crippen LogP contribution in [0.1, 0.15) is 50.9 Å². The molecule has 1 N–H and O–H groups in total. The standard InChI is InChI=1S/C28H26N2O3S/c1-3-17-13-14-20-24(15-17)34-27(25(20)28(32)33-2)30-26(31)21-16-23(18-9-5-4-6-10-18)29-22-12-8-7-11-19(21)22/h4-12,16-17H,3,13-15H2,1-2H3,(H,30,31)/t17-/m0/s1. The number of hydrogen-bond donors (Lipinski definition) is 1. The second-order valence-electron chi connectivity index (χ2n) is 8.61. The average molecular weight is 471 g/mol. The van der Waals surface area contributed by atoms with E-state index in [1.54, 1.807) is 0 Å². The number of hydrogen-bond acceptors (Lipinski definition) is 5. The van der Waals surface area contributed by atoms with Crippen molar-refractivity contribution in [2.24, 2.45) is 5.92 Å². The Bertz CT molecular complexity index is 1380. The van der Waals surface area contributed by atoms with Crippen LogP contribution in [0, 0.1) is 5.92 Å². The first-order chi connectivity index (χ1) is 16.6. The van der Waals surface area contributed by atoms with Gasteiger partial charge in [-0.2, -0.15) is 0 Å². The van der Waals surface area contributed by atoms with E-state index < -0.39 is 5.97 Å². The number of nitrogens with zero attached hydrogens (tertiary/aromatic N) is 1. The Morgan fingerprint density at radius 3 is 2.65 bits per heavy atom. The Kier molecular flexibility index (Phi) is 6.16. The van der Waals surface area contributed by atoms with Crippen LogP contribution in [0.2, 0.25) is 0 Å². The summed E-state index contributed by atoms with van der Waals surface area (Å²) in [6.07, 6.45) is 3.93. The SMILES string of the molecule is CC[C@H]1CCc2c(sc(NC(=O)c3cc(-c4ccccc4)nc4ccccc34)c2C(=O)OC)C1. The fourth-order valence-electron chi connectivity index (χ4n) is 4.70. The molecule has 1 atom stereocenters. The lowest BCUT2D eigenvalue weighted by Gasteiger charge is -2.20. The smallest absolute Gasteiger partial charge is 0.341 e. The van der Waals surface area contributed by atoms with Gasteiger partial charge in [-0.05, 0) is 42.9 Å². The molecule has 34 heavy (non-hydrogen) atoms. The van der Waals surface area contributed by atoms with Crippen molar-refractivity contribution >= 4 is 39.1 Å². The molecule has 2 aromatic heterocycles. The largest absolute Gasteiger partial charge is 0.465 e. The van der Waals surface area contributed by atoms with Gasteiger partial charge in [0.25, 0.3) is 5.91 Å². The third-order valence-electron chi connectivity index (χ3n) is 6.59. The summed E-state index contributed by atoms with van der Waals surface area (Å²) in [4.78, 5) is 32.3. The van der Waals surface area contributed by atoms with Crippen LogP contribution in [0.4, 0.5) is 5.00 Å². The number of fused-ring (bicyclic) bond motifs is 2. The zero-order valence-electron chi connectivity index (χ0n) is 19.3. The lowest BCUT2D eigenvalue weighted by Crippen LogP contribution is -2.17. The van der Waals surface area contributed by atoms with E-state index in [0.717, 1.165) is 53.4 Å². The number of pyridine rings is 1. The number of para-hydroxylation sites is 1. The summed E-state index contributed by atoms with van der Waals surface area (Å²) in [5.41, 5.74) is 4.48. The highest BCUT2D eigenvalue weighted by Gasteiger charge is 2.30. The number of nitrogens with one attached hydrogen (secondary N) is 1. The van der Waals surface area contributed by atoms with E-state index in [2.05, 4.69) is 12.2 Å². The summed E-state index contributed by atoms with van der Waals surface area (Å²) >= 11 is 1.51. The number of rotatable bonds is 5. The molecule has 4 aromatic rings. The van der Waals surface area contributed by atoms with E-state index in [1.165, 1.54) is 23.3 Å². The zero-order chi connectivity index (χ0) is 23.7. The van der Waals surface area contributed by atoms with Gasteiger partial charge in [0.2, 0.25) is 0 Å². The molecule has 0 unspecified atom stereocenters. The summed E-state index contributed by atoms with van der Waals surface area (Å²) in [5, 5.41) is 4.39. The number of carbonyl (C=O) groups excluding carboxylic acids is 2. The lowest BCUT2D eigenvalue weighted by atomic mass is 9.85. The van der Waals surface area contributed by atoms with Crippen LogP contribution in [0.3, 0.4) is 0 Å². The Balaban J connectivity index is 1.57. The van der Waals surface area contributed by atoms with Crippen LogP contribution < -0.4 is 5.32 Å². The number of aromatic nitrogens is 1. The Hall–Kier alpha value is -3.51. The second kappa shape index (κ2) is 9.39. The van der Waals surface area contributed by atoms with Crippen LogP contribution >= 0.6 is 11.3 Å². The number of methoxy groups -OCH3 is 1. The minimum Gasteiger partial charge on any atom is -0.465 e. The third-order valence-corrected chi connectivity index (χ3v) is 7.76. The highest BCUT2D eigenvalue weighted by molar-refractivity contribution is 7.17. The monoisotopic (exact) mass is 470 g/mol. The molecule has 1 aliphatic carbocycles. The number of ether oxygens (including phenoxy) is 1. The van der Waals surface area contributed by atoms with E-state index in [9.17, 15) is 9.59 Å². The van der Waals surface area contributed by atoms with Crippen LogP contribution in [0.5, 0.6) is 0 Å². The number of anilines is 1. The van der Waals surface area contributed by atoms with Gasteiger partial charge in [-0.3, -0.25) is 4.79 Å². The highest BCUT2D eigenvalue weighted by Crippen LogP contribution is 2.41. The molecule has 1 aliphatic rings. The molecular weight excluding hydrogens is 444 g/mol. The van der Waals surface area contributed by atoms with Gasteiger partial charge in [0.05, 0.1) is 29.4 Å². The molecule has 2 aromatic carbocycles. The van der Waals surface area contributed by atoms with Gasteiger partial charge in [-0.25, -0.2) is 9.78 Å². The number of esters is 1. The lowest BCUT2D eigenvalue weighted by molar-refractivity contribution is 0.0601. The van der Waals surface area contributed by atoms with Crippen molar-refractivity contribution in [1.29, 1.82) is 0 Å². The summed E-state index contributed by atoms with van der Waals surface area (Å²) in [6, 6.07) is 19.3. The fraction of sp³-hybridized carbons (Fsp3) is 0.250. The maximum Gasteiger partial charge on any atom is 0.341 e. The van der Waals surface area contributed by atoms with Gasteiger partial charge in [-0.15, -0.1) is 11.3 Å². The van der Waals surface area contributed by atoms with Gasteiger partial charge in [-0.1, -0.05) is 61.9 Å². The Morgan fingerprint density at radius 2 is 1.88 bits per heavy atom. The molecule has 0 fully saturated rings. The van der Waals surface area contributed by atoms with Crippen LogP contribution in [-0.4, -0.2) is 24.0 Å². The van der Waals surface area contributed by atoms with Crippen molar-refractivity contribution < 1.29 is 14.3 Å². The van der Waals surface area contributed by atoms with Gasteiger partial charge < -0.3 is 10.1 Å². The van der Waals surface area contributed by atoms with Gasteiger partial charge >= 0.3 is 5.97 Å². The van der Waals surface area contributed by atoms with E-state index >= 15 is 0 Å². The summed E-state index contributed by atoms with van der Waals surface area (Å²) in [7, 11) is 1.39. The van der Waals surface area contributed by atoms with E-state index in [1.807, 2.05) is 60.7 Å². The zero-order valence-corrected chi connectivity index (χ0v) is 20.1. The maximum absolute atomic E-state index is 13.6. The van der Waals surface area contributed by atoms with Crippen molar-refractivity contribution in [1.82, 2.24) is 4.98 Å². The Morgan fingerprint density at radius 1 is 1.12 bits per heavy atom. The third kappa shape index (κ3) is 4.10. The first-order valence-corrected chi connectivity index (χ1v) is 12.4. The first-order valence-electron chi connectivity index (χ1n) is 11.6. The summed E-state index contributed by atoms with van der Waals surface area (Å²) in [5.74, 6) is -0.0448. The van der Waals surface area contributed by atoms with Crippen molar-refractivity contribution in [3.05, 3.63) is 82.2 Å². The van der Waals surface area contributed by atoms with E-state index in [0.29, 0.717) is 22.0 Å². The molecule has 172 valence electrons. The molecule has 5 rings (SSSR count). The predicted octanol–water partition coefficient (Wildman–Crippen LogP) is 6.52. The molecule has 0 aliphatic heterocycles. The van der Waals surface area contributed by atoms with Gasteiger partial charge in [0.15, 0.2) is 0 Å². The molecule has 0 saturated carbocycles. The molecule has 5 nitrogen and oxygen atoms in total. The van der Waals surface area contributed by atoms with Crippen molar-refractivity contribution in [2.45, 2.75) is 32.6 Å². The first kappa shape index (κ1) is 22.3. The van der Waals surface area contributed by atoms with Crippen LogP contribution in [0.25, 0.3) is 22.2 Å². The topological polar surface area (TPSA) is 68.3 Å². The summed E-state index contributed by atoms with van der Waals surface area (Å²) in [6.45, 7) is 2.20. The maximum atomic E-state index is 13.6. The Labute approximate surface area is 202 Å². The average Bonchev–Trinajstić information content (AvgIpc) is 3.24. The quantitative estimate of drug-likeness (QED) is 0.337. The van der Waals surface area contributed by atoms with Gasteiger partial charge in [0, 0.05) is 15.8 Å². The molecule has 6 heteroatoms. The minimum atomic E-state index is -0.396. The summed E-state index contributed by atoms with van der Waals surface area (Å²) < 4.78 is 5.10. The number of amides is 1. The number of benzene rings is 2. The predicted molar refractivity (Wildman–Crippen MR) is 137 cm³/mol. The molecule has 2 heterocycles. The molecular formula is C28H26N2O3S. The van der Waals surface area contributed by atoms with Crippen LogP contribution in [-0.2, 0) is 17.6 Å². The highest BCUT2D eigenvalue weighted by atomic mass is 32.1. The fourth-order valence-corrected chi connectivity index (χ4v) is 6.04. The van der Waals surface area contributed by atoms with E-state index in [4.69, 9.17) is 9.72 Å². The minimum absolute atomic E-state index is 0.258. The number of carbonyl (C=O) groups is 2. The number of thiophene rings is 1. The molecule has 1 amide bonds. The van der Waals surface area contributed by atoms with Crippen LogP contribution in [0.15, 0.2) is 60.7 Å². The molecule has 0 spiro atoms. The van der Waals surface area contributed by atoms with Crippen molar-refractivity contribution in [2.75, 3.05) is 12.4 Å². The van der Waals surface area contributed by atoms with E-state index in [-0.39, 0.29) is 5.91 Å². The molecule has 0 bridgehead atoms. The van der Waals surface area contributed by atoms with Crippen molar-refractivity contribution in [3.8, 4) is 11.3 Å². The second-order valence-corrected chi connectivity index (χ2v) is 9.71. The van der Waals surface area contributed by atoms with Crippen molar-refractivity contribution in [3.63, 3.8) is 0 Å². The normalized spacial score (nSPS) is 15.1. The molecule has 0 radical (unpaired) electrons. The van der Waals surface area contributed by atoms with Gasteiger partial charge in [0.1, 0.15) is 5.00 Å².